The molecule has 1 atom stereocenters. The number of anilines is 1. The van der Waals surface area contributed by atoms with Crippen molar-refractivity contribution in [1.82, 2.24) is 5.32 Å². The molecule has 0 saturated carbocycles. The van der Waals surface area contributed by atoms with Gasteiger partial charge in [0.2, 0.25) is 0 Å². The Bertz CT molecular complexity index is 572. The van der Waals surface area contributed by atoms with E-state index < -0.39 is 17.8 Å². The fourth-order valence-electron chi connectivity index (χ4n) is 1.58. The van der Waals surface area contributed by atoms with Crippen molar-refractivity contribution in [2.24, 2.45) is 0 Å². The lowest BCUT2D eigenvalue weighted by Crippen LogP contribution is -2.29. The molecular formula is C13H13FN2O2S. The molecule has 0 spiro atoms. The van der Waals surface area contributed by atoms with E-state index in [2.05, 4.69) is 5.32 Å². The minimum absolute atomic E-state index is 0.0177. The van der Waals surface area contributed by atoms with E-state index in [9.17, 15) is 14.3 Å². The summed E-state index contributed by atoms with van der Waals surface area (Å²) in [5, 5.41) is 15.9. The Morgan fingerprint density at radius 1 is 1.47 bits per heavy atom. The molecule has 4 nitrogen and oxygen atoms in total. The first-order valence-corrected chi connectivity index (χ1v) is 6.55. The SMILES string of the molecule is Nc1ccc(F)c(C(=O)NCC(O)c2ccsc2)c1. The van der Waals surface area contributed by atoms with Gasteiger partial charge in [0.25, 0.3) is 5.91 Å². The molecule has 1 amide bonds. The Morgan fingerprint density at radius 3 is 2.95 bits per heavy atom. The molecule has 0 fully saturated rings. The van der Waals surface area contributed by atoms with Crippen LogP contribution in [-0.4, -0.2) is 17.6 Å². The van der Waals surface area contributed by atoms with Crippen LogP contribution in [0.5, 0.6) is 0 Å². The Morgan fingerprint density at radius 2 is 2.26 bits per heavy atom. The maximum absolute atomic E-state index is 13.4. The van der Waals surface area contributed by atoms with Crippen molar-refractivity contribution < 1.29 is 14.3 Å². The average Bonchev–Trinajstić information content (AvgIpc) is 2.92. The third-order valence-electron chi connectivity index (χ3n) is 2.62. The summed E-state index contributed by atoms with van der Waals surface area (Å²) in [6.07, 6.45) is -0.806. The molecular weight excluding hydrogens is 267 g/mol. The van der Waals surface area contributed by atoms with Gasteiger partial charge < -0.3 is 16.2 Å². The van der Waals surface area contributed by atoms with Gasteiger partial charge in [-0.25, -0.2) is 4.39 Å². The van der Waals surface area contributed by atoms with Crippen molar-refractivity contribution in [2.75, 3.05) is 12.3 Å². The lowest BCUT2D eigenvalue weighted by molar-refractivity contribution is 0.0912. The fraction of sp³-hybridized carbons (Fsp3) is 0.154. The highest BCUT2D eigenvalue weighted by molar-refractivity contribution is 7.07. The van der Waals surface area contributed by atoms with E-state index >= 15 is 0 Å². The molecule has 6 heteroatoms. The second kappa shape index (κ2) is 5.81. The number of hydrogen-bond acceptors (Lipinski definition) is 4. The number of aliphatic hydroxyl groups excluding tert-OH is 1. The lowest BCUT2D eigenvalue weighted by atomic mass is 10.1. The molecule has 0 bridgehead atoms. The molecule has 1 aromatic carbocycles. The van der Waals surface area contributed by atoms with Gasteiger partial charge in [0.05, 0.1) is 11.7 Å². The number of nitrogen functional groups attached to an aromatic ring is 1. The molecule has 1 aromatic heterocycles. The van der Waals surface area contributed by atoms with Crippen LogP contribution >= 0.6 is 11.3 Å². The molecule has 0 aliphatic heterocycles. The summed E-state index contributed by atoms with van der Waals surface area (Å²) in [5.41, 5.74) is 6.41. The minimum atomic E-state index is -0.806. The smallest absolute Gasteiger partial charge is 0.254 e. The molecule has 1 unspecified atom stereocenters. The zero-order chi connectivity index (χ0) is 13.8. The number of aliphatic hydroxyl groups is 1. The Kier molecular flexibility index (Phi) is 4.13. The average molecular weight is 280 g/mol. The lowest BCUT2D eigenvalue weighted by Gasteiger charge is -2.11. The Balaban J connectivity index is 2.00. The van der Waals surface area contributed by atoms with Crippen molar-refractivity contribution in [3.8, 4) is 0 Å². The number of halogens is 1. The summed E-state index contributed by atoms with van der Waals surface area (Å²) < 4.78 is 13.4. The van der Waals surface area contributed by atoms with Crippen LogP contribution in [0.15, 0.2) is 35.0 Å². The second-order valence-corrected chi connectivity index (χ2v) is 4.80. The maximum atomic E-state index is 13.4. The van der Waals surface area contributed by atoms with E-state index in [0.29, 0.717) is 5.69 Å². The fourth-order valence-corrected chi connectivity index (χ4v) is 2.29. The number of hydrogen-bond donors (Lipinski definition) is 3. The van der Waals surface area contributed by atoms with Gasteiger partial charge in [0.1, 0.15) is 5.82 Å². The molecule has 4 N–H and O–H groups in total. The Hall–Kier alpha value is -1.92. The van der Waals surface area contributed by atoms with Crippen LogP contribution in [0.3, 0.4) is 0 Å². The van der Waals surface area contributed by atoms with E-state index in [0.717, 1.165) is 11.6 Å². The van der Waals surface area contributed by atoms with E-state index in [4.69, 9.17) is 5.73 Å². The van der Waals surface area contributed by atoms with Gasteiger partial charge in [0, 0.05) is 12.2 Å². The van der Waals surface area contributed by atoms with Crippen molar-refractivity contribution in [1.29, 1.82) is 0 Å². The molecule has 0 radical (unpaired) electrons. The number of nitrogens with one attached hydrogen (secondary N) is 1. The standard InChI is InChI=1S/C13H13FN2O2S/c14-11-2-1-9(15)5-10(11)13(18)16-6-12(17)8-3-4-19-7-8/h1-5,7,12,17H,6,15H2,(H,16,18). The first-order chi connectivity index (χ1) is 9.08. The molecule has 0 aliphatic rings. The number of benzene rings is 1. The zero-order valence-electron chi connectivity index (χ0n) is 9.97. The summed E-state index contributed by atoms with van der Waals surface area (Å²) in [6, 6.07) is 5.55. The van der Waals surface area contributed by atoms with Gasteiger partial charge in [-0.2, -0.15) is 11.3 Å². The van der Waals surface area contributed by atoms with Crippen molar-refractivity contribution >= 4 is 22.9 Å². The number of amides is 1. The van der Waals surface area contributed by atoms with Crippen LogP contribution in [0, 0.1) is 5.82 Å². The van der Waals surface area contributed by atoms with Crippen LogP contribution in [0.1, 0.15) is 22.0 Å². The topological polar surface area (TPSA) is 75.4 Å². The van der Waals surface area contributed by atoms with Crippen LogP contribution in [-0.2, 0) is 0 Å². The zero-order valence-corrected chi connectivity index (χ0v) is 10.8. The highest BCUT2D eigenvalue weighted by atomic mass is 32.1. The summed E-state index contributed by atoms with van der Waals surface area (Å²) in [5.74, 6) is -1.24. The quantitative estimate of drug-likeness (QED) is 0.749. The first kappa shape index (κ1) is 13.5. The maximum Gasteiger partial charge on any atom is 0.254 e. The van der Waals surface area contributed by atoms with Crippen molar-refractivity contribution in [2.45, 2.75) is 6.10 Å². The van der Waals surface area contributed by atoms with Gasteiger partial charge in [-0.3, -0.25) is 4.79 Å². The third kappa shape index (κ3) is 3.30. The summed E-state index contributed by atoms with van der Waals surface area (Å²) in [6.45, 7) is 0.0177. The van der Waals surface area contributed by atoms with Crippen LogP contribution in [0.25, 0.3) is 0 Å². The molecule has 19 heavy (non-hydrogen) atoms. The summed E-state index contributed by atoms with van der Waals surface area (Å²) >= 11 is 1.45. The van der Waals surface area contributed by atoms with Gasteiger partial charge in [-0.15, -0.1) is 0 Å². The number of rotatable bonds is 4. The van der Waals surface area contributed by atoms with E-state index in [1.54, 1.807) is 11.4 Å². The molecule has 2 rings (SSSR count). The predicted octanol–water partition coefficient (Wildman–Crippen LogP) is 1.93. The van der Waals surface area contributed by atoms with Gasteiger partial charge in [-0.05, 0) is 40.6 Å². The highest BCUT2D eigenvalue weighted by Gasteiger charge is 2.14. The monoisotopic (exact) mass is 280 g/mol. The van der Waals surface area contributed by atoms with Crippen LogP contribution in [0.4, 0.5) is 10.1 Å². The van der Waals surface area contributed by atoms with Crippen LogP contribution in [0.2, 0.25) is 0 Å². The summed E-state index contributed by atoms with van der Waals surface area (Å²) in [4.78, 5) is 11.8. The third-order valence-corrected chi connectivity index (χ3v) is 3.32. The predicted molar refractivity (Wildman–Crippen MR) is 72.4 cm³/mol. The largest absolute Gasteiger partial charge is 0.399 e. The van der Waals surface area contributed by atoms with Crippen molar-refractivity contribution in [3.63, 3.8) is 0 Å². The van der Waals surface area contributed by atoms with Crippen molar-refractivity contribution in [3.05, 3.63) is 52.0 Å². The summed E-state index contributed by atoms with van der Waals surface area (Å²) in [7, 11) is 0. The second-order valence-electron chi connectivity index (χ2n) is 4.02. The molecule has 0 saturated heterocycles. The van der Waals surface area contributed by atoms with E-state index in [1.807, 2.05) is 5.38 Å². The minimum Gasteiger partial charge on any atom is -0.399 e. The number of carbonyl (C=O) groups is 1. The first-order valence-electron chi connectivity index (χ1n) is 5.61. The Labute approximate surface area is 113 Å². The van der Waals surface area contributed by atoms with Gasteiger partial charge in [0.15, 0.2) is 0 Å². The van der Waals surface area contributed by atoms with Gasteiger partial charge >= 0.3 is 0 Å². The number of carbonyl (C=O) groups excluding carboxylic acids is 1. The molecule has 100 valence electrons. The van der Waals surface area contributed by atoms with E-state index in [1.165, 1.54) is 23.5 Å². The molecule has 0 aliphatic carbocycles. The van der Waals surface area contributed by atoms with Gasteiger partial charge in [-0.1, -0.05) is 0 Å². The van der Waals surface area contributed by atoms with E-state index in [-0.39, 0.29) is 12.1 Å². The highest BCUT2D eigenvalue weighted by Crippen LogP contribution is 2.16. The number of thiophene rings is 1. The van der Waals surface area contributed by atoms with Crippen LogP contribution < -0.4 is 11.1 Å². The molecule has 2 aromatic rings. The molecule has 1 heterocycles. The normalized spacial score (nSPS) is 12.1. The number of nitrogens with two attached hydrogens (primary N) is 1.